The standard InChI is InChI=1S/C18H17F3N6O2/c1-9-3-4-11(15(22)28)5-13(9)26-17-24-6-12(18(19,20)21)16(27-17)23-7-14-25-10(2)8-29-14/h3-6,8H,7H2,1-2H3,(H2,22,28)(H2,23,24,26,27). The molecule has 0 saturated heterocycles. The first-order chi connectivity index (χ1) is 13.6. The maximum atomic E-state index is 13.3. The van der Waals surface area contributed by atoms with Crippen LogP contribution in [0.3, 0.4) is 0 Å². The molecule has 1 aromatic carbocycles. The molecule has 8 nitrogen and oxygen atoms in total. The highest BCUT2D eigenvalue weighted by molar-refractivity contribution is 5.94. The van der Waals surface area contributed by atoms with Gasteiger partial charge in [0.2, 0.25) is 17.7 Å². The van der Waals surface area contributed by atoms with Gasteiger partial charge < -0.3 is 20.8 Å². The molecule has 0 fully saturated rings. The third kappa shape index (κ3) is 4.81. The highest BCUT2D eigenvalue weighted by Crippen LogP contribution is 2.34. The maximum Gasteiger partial charge on any atom is 0.421 e. The number of nitrogens with one attached hydrogen (secondary N) is 2. The highest BCUT2D eigenvalue weighted by Gasteiger charge is 2.35. The van der Waals surface area contributed by atoms with E-state index < -0.39 is 23.5 Å². The van der Waals surface area contributed by atoms with Crippen LogP contribution in [0.1, 0.15) is 33.1 Å². The summed E-state index contributed by atoms with van der Waals surface area (Å²) in [4.78, 5) is 23.1. The van der Waals surface area contributed by atoms with E-state index in [1.54, 1.807) is 26.0 Å². The van der Waals surface area contributed by atoms with Gasteiger partial charge >= 0.3 is 6.18 Å². The molecule has 2 aromatic heterocycles. The summed E-state index contributed by atoms with van der Waals surface area (Å²) in [6, 6.07) is 4.67. The van der Waals surface area contributed by atoms with Crippen LogP contribution >= 0.6 is 0 Å². The number of alkyl halides is 3. The van der Waals surface area contributed by atoms with Crippen molar-refractivity contribution in [1.82, 2.24) is 15.0 Å². The van der Waals surface area contributed by atoms with Gasteiger partial charge in [0.05, 0.1) is 12.2 Å². The quantitative estimate of drug-likeness (QED) is 0.573. The van der Waals surface area contributed by atoms with E-state index >= 15 is 0 Å². The van der Waals surface area contributed by atoms with Gasteiger partial charge in [0.15, 0.2) is 0 Å². The number of benzene rings is 1. The minimum Gasteiger partial charge on any atom is -0.447 e. The van der Waals surface area contributed by atoms with Gasteiger partial charge in [-0.05, 0) is 31.5 Å². The maximum absolute atomic E-state index is 13.3. The third-order valence-electron chi connectivity index (χ3n) is 3.94. The third-order valence-corrected chi connectivity index (χ3v) is 3.94. The largest absolute Gasteiger partial charge is 0.447 e. The van der Waals surface area contributed by atoms with Crippen molar-refractivity contribution in [2.45, 2.75) is 26.6 Å². The molecule has 11 heteroatoms. The number of hydrogen-bond acceptors (Lipinski definition) is 7. The molecule has 152 valence electrons. The summed E-state index contributed by atoms with van der Waals surface area (Å²) in [5, 5.41) is 5.39. The topological polar surface area (TPSA) is 119 Å². The first-order valence-electron chi connectivity index (χ1n) is 8.40. The molecule has 3 rings (SSSR count). The average Bonchev–Trinajstić information content (AvgIpc) is 3.06. The second kappa shape index (κ2) is 7.78. The van der Waals surface area contributed by atoms with Gasteiger partial charge in [0.1, 0.15) is 17.6 Å². The number of aryl methyl sites for hydroxylation is 2. The first kappa shape index (κ1) is 20.1. The molecule has 0 radical (unpaired) electrons. The van der Waals surface area contributed by atoms with Crippen molar-refractivity contribution in [2.75, 3.05) is 10.6 Å². The Morgan fingerprint density at radius 2 is 2.00 bits per heavy atom. The molecule has 3 aromatic rings. The number of aromatic nitrogens is 3. The molecule has 0 atom stereocenters. The molecule has 4 N–H and O–H groups in total. The van der Waals surface area contributed by atoms with Gasteiger partial charge in [-0.15, -0.1) is 0 Å². The SMILES string of the molecule is Cc1coc(CNc2nc(Nc3cc(C(N)=O)ccc3C)ncc2C(F)(F)F)n1. The van der Waals surface area contributed by atoms with E-state index in [1.807, 2.05) is 0 Å². The smallest absolute Gasteiger partial charge is 0.421 e. The summed E-state index contributed by atoms with van der Waals surface area (Å²) in [6.07, 6.45) is -2.59. The number of carbonyl (C=O) groups is 1. The van der Waals surface area contributed by atoms with Crippen molar-refractivity contribution in [3.05, 3.63) is 58.9 Å². The number of oxazole rings is 1. The average molecular weight is 406 g/mol. The Bertz CT molecular complexity index is 1050. The minimum absolute atomic E-state index is 0.0891. The molecule has 0 bridgehead atoms. The van der Waals surface area contributed by atoms with Gasteiger partial charge in [-0.2, -0.15) is 18.2 Å². The van der Waals surface area contributed by atoms with Crippen LogP contribution in [0.4, 0.5) is 30.6 Å². The fourth-order valence-electron chi connectivity index (χ4n) is 2.46. The molecule has 0 aliphatic heterocycles. The van der Waals surface area contributed by atoms with Crippen LogP contribution in [0, 0.1) is 13.8 Å². The van der Waals surface area contributed by atoms with Gasteiger partial charge in [-0.1, -0.05) is 6.07 Å². The molecule has 0 saturated carbocycles. The molecular formula is C18H17F3N6O2. The normalized spacial score (nSPS) is 11.3. The zero-order valence-electron chi connectivity index (χ0n) is 15.5. The predicted molar refractivity (Wildman–Crippen MR) is 98.6 cm³/mol. The zero-order valence-corrected chi connectivity index (χ0v) is 15.5. The molecule has 0 aliphatic rings. The number of carbonyl (C=O) groups excluding carboxylic acids is 1. The number of rotatable bonds is 6. The van der Waals surface area contributed by atoms with Crippen LogP contribution in [0.25, 0.3) is 0 Å². The summed E-state index contributed by atoms with van der Waals surface area (Å²) in [5.74, 6) is -0.942. The fraction of sp³-hybridized carbons (Fsp3) is 0.222. The van der Waals surface area contributed by atoms with E-state index in [4.69, 9.17) is 10.2 Å². The predicted octanol–water partition coefficient (Wildman–Crippen LogP) is 3.55. The molecular weight excluding hydrogens is 389 g/mol. The monoisotopic (exact) mass is 406 g/mol. The number of nitrogens with zero attached hydrogens (tertiary/aromatic N) is 3. The first-order valence-corrected chi connectivity index (χ1v) is 8.40. The molecule has 0 spiro atoms. The van der Waals surface area contributed by atoms with E-state index in [9.17, 15) is 18.0 Å². The van der Waals surface area contributed by atoms with Crippen LogP contribution in [0.5, 0.6) is 0 Å². The Labute approximate surface area is 163 Å². The summed E-state index contributed by atoms with van der Waals surface area (Å²) < 4.78 is 45.1. The van der Waals surface area contributed by atoms with Gasteiger partial charge in [0, 0.05) is 17.4 Å². The van der Waals surface area contributed by atoms with Gasteiger partial charge in [-0.3, -0.25) is 4.79 Å². The summed E-state index contributed by atoms with van der Waals surface area (Å²) in [6.45, 7) is 3.36. The zero-order chi connectivity index (χ0) is 21.2. The molecule has 29 heavy (non-hydrogen) atoms. The number of primary amides is 1. The highest BCUT2D eigenvalue weighted by atomic mass is 19.4. The number of anilines is 3. The number of hydrogen-bond donors (Lipinski definition) is 3. The van der Waals surface area contributed by atoms with Crippen LogP contribution in [0.2, 0.25) is 0 Å². The van der Waals surface area contributed by atoms with E-state index in [1.165, 1.54) is 12.3 Å². The fourth-order valence-corrected chi connectivity index (χ4v) is 2.46. The van der Waals surface area contributed by atoms with E-state index in [0.717, 1.165) is 5.56 Å². The van der Waals surface area contributed by atoms with Crippen molar-refractivity contribution in [3.63, 3.8) is 0 Å². The second-order valence-electron chi connectivity index (χ2n) is 6.21. The lowest BCUT2D eigenvalue weighted by Crippen LogP contribution is -2.15. The van der Waals surface area contributed by atoms with Crippen LogP contribution < -0.4 is 16.4 Å². The number of halogens is 3. The Balaban J connectivity index is 1.90. The van der Waals surface area contributed by atoms with Crippen molar-refractivity contribution < 1.29 is 22.4 Å². The Kier molecular flexibility index (Phi) is 5.39. The van der Waals surface area contributed by atoms with Crippen LogP contribution in [-0.2, 0) is 12.7 Å². The lowest BCUT2D eigenvalue weighted by molar-refractivity contribution is -0.137. The van der Waals surface area contributed by atoms with Gasteiger partial charge in [-0.25, -0.2) is 9.97 Å². The van der Waals surface area contributed by atoms with Crippen molar-refractivity contribution in [1.29, 1.82) is 0 Å². The Morgan fingerprint density at radius 1 is 1.24 bits per heavy atom. The second-order valence-corrected chi connectivity index (χ2v) is 6.21. The Hall–Kier alpha value is -3.63. The van der Waals surface area contributed by atoms with Crippen molar-refractivity contribution in [2.24, 2.45) is 5.73 Å². The summed E-state index contributed by atoms with van der Waals surface area (Å²) >= 11 is 0. The summed E-state index contributed by atoms with van der Waals surface area (Å²) in [5.41, 5.74) is 6.24. The van der Waals surface area contributed by atoms with Crippen molar-refractivity contribution >= 4 is 23.4 Å². The van der Waals surface area contributed by atoms with E-state index in [0.29, 0.717) is 17.6 Å². The Morgan fingerprint density at radius 3 is 2.62 bits per heavy atom. The molecule has 1 amide bonds. The minimum atomic E-state index is -4.66. The number of nitrogens with two attached hydrogens (primary N) is 1. The lowest BCUT2D eigenvalue weighted by atomic mass is 10.1. The van der Waals surface area contributed by atoms with Crippen LogP contribution in [0.15, 0.2) is 35.1 Å². The number of amides is 1. The van der Waals surface area contributed by atoms with E-state index in [-0.39, 0.29) is 23.9 Å². The lowest BCUT2D eigenvalue weighted by Gasteiger charge is -2.15. The van der Waals surface area contributed by atoms with Gasteiger partial charge in [0.25, 0.3) is 0 Å². The van der Waals surface area contributed by atoms with Crippen molar-refractivity contribution in [3.8, 4) is 0 Å². The molecule has 2 heterocycles. The van der Waals surface area contributed by atoms with Crippen LogP contribution in [-0.4, -0.2) is 20.9 Å². The van der Waals surface area contributed by atoms with E-state index in [2.05, 4.69) is 25.6 Å². The molecule has 0 unspecified atom stereocenters. The molecule has 0 aliphatic carbocycles. The summed E-state index contributed by atoms with van der Waals surface area (Å²) in [7, 11) is 0.